The number of methoxy groups -OCH3 is 1. The van der Waals surface area contributed by atoms with Crippen molar-refractivity contribution in [3.8, 4) is 0 Å². The lowest BCUT2D eigenvalue weighted by molar-refractivity contribution is -0.132. The van der Waals surface area contributed by atoms with E-state index in [-0.39, 0.29) is 18.3 Å². The van der Waals surface area contributed by atoms with Crippen LogP contribution in [-0.4, -0.2) is 32.8 Å². The Morgan fingerprint density at radius 2 is 1.93 bits per heavy atom. The Morgan fingerprint density at radius 1 is 1.25 bits per heavy atom. The van der Waals surface area contributed by atoms with Gasteiger partial charge in [-0.1, -0.05) is 35.9 Å². The van der Waals surface area contributed by atoms with Crippen LogP contribution < -0.4 is 5.32 Å². The lowest BCUT2D eigenvalue weighted by Crippen LogP contribution is -2.51. The number of rotatable bonds is 6. The topological polar surface area (TPSA) is 47.6 Å². The number of carbonyl (C=O) groups is 1. The van der Waals surface area contributed by atoms with Crippen LogP contribution in [-0.2, 0) is 25.3 Å². The van der Waals surface area contributed by atoms with E-state index in [2.05, 4.69) is 5.32 Å². The van der Waals surface area contributed by atoms with Crippen molar-refractivity contribution < 1.29 is 18.7 Å². The summed E-state index contributed by atoms with van der Waals surface area (Å²) in [7, 11) is 1.61. The third-order valence-electron chi connectivity index (χ3n) is 5.65. The van der Waals surface area contributed by atoms with E-state index >= 15 is 0 Å². The van der Waals surface area contributed by atoms with E-state index in [1.807, 2.05) is 25.1 Å². The molecule has 1 fully saturated rings. The molecule has 4 nitrogen and oxygen atoms in total. The maximum Gasteiger partial charge on any atom is 0.230 e. The number of hydrogen-bond donors (Lipinski definition) is 1. The Kier molecular flexibility index (Phi) is 6.38. The predicted octanol–water partition coefficient (Wildman–Crippen LogP) is 4.21. The zero-order chi connectivity index (χ0) is 20.2. The zero-order valence-electron chi connectivity index (χ0n) is 16.1. The molecule has 1 aliphatic heterocycles. The number of ether oxygens (including phenoxy) is 2. The Hall–Kier alpha value is -1.95. The van der Waals surface area contributed by atoms with Crippen molar-refractivity contribution >= 4 is 17.5 Å². The summed E-state index contributed by atoms with van der Waals surface area (Å²) in [6.45, 7) is 3.17. The number of benzene rings is 2. The van der Waals surface area contributed by atoms with Gasteiger partial charge in [-0.15, -0.1) is 0 Å². The average Bonchev–Trinajstić information content (AvgIpc) is 2.72. The fraction of sp³-hybridized carbons (Fsp3) is 0.409. The highest BCUT2D eigenvalue weighted by Crippen LogP contribution is 2.36. The summed E-state index contributed by atoms with van der Waals surface area (Å²) in [6, 6.07) is 13.6. The van der Waals surface area contributed by atoms with Gasteiger partial charge in [0.25, 0.3) is 0 Å². The molecule has 0 bridgehead atoms. The summed E-state index contributed by atoms with van der Waals surface area (Å²) in [4.78, 5) is 13.3. The number of hydrogen-bond acceptors (Lipinski definition) is 3. The molecule has 3 rings (SSSR count). The molecule has 0 aliphatic carbocycles. The Balaban J connectivity index is 1.83. The summed E-state index contributed by atoms with van der Waals surface area (Å²) in [5.41, 5.74) is 0.215. The predicted molar refractivity (Wildman–Crippen MR) is 107 cm³/mol. The SMILES string of the molecule is COC(C)(CNC(=O)C1(c2ccc(F)cc2)CCOCC1)c1cccc(Cl)c1. The van der Waals surface area contributed by atoms with Crippen LogP contribution in [0.4, 0.5) is 4.39 Å². The first-order valence-electron chi connectivity index (χ1n) is 9.33. The maximum atomic E-state index is 13.4. The Labute approximate surface area is 170 Å². The summed E-state index contributed by atoms with van der Waals surface area (Å²) >= 11 is 6.12. The second-order valence-electron chi connectivity index (χ2n) is 7.33. The van der Waals surface area contributed by atoms with Crippen LogP contribution in [0, 0.1) is 5.82 Å². The lowest BCUT2D eigenvalue weighted by atomic mass is 9.73. The van der Waals surface area contributed by atoms with Crippen LogP contribution in [0.2, 0.25) is 5.02 Å². The van der Waals surface area contributed by atoms with Gasteiger partial charge in [-0.05, 0) is 55.2 Å². The van der Waals surface area contributed by atoms with Crippen LogP contribution in [0.25, 0.3) is 0 Å². The summed E-state index contributed by atoms with van der Waals surface area (Å²) in [5, 5.41) is 3.67. The molecule has 1 amide bonds. The minimum absolute atomic E-state index is 0.104. The van der Waals surface area contributed by atoms with Crippen molar-refractivity contribution in [2.45, 2.75) is 30.8 Å². The monoisotopic (exact) mass is 405 g/mol. The van der Waals surface area contributed by atoms with Crippen molar-refractivity contribution in [2.24, 2.45) is 0 Å². The zero-order valence-corrected chi connectivity index (χ0v) is 16.9. The molecule has 1 atom stereocenters. The van der Waals surface area contributed by atoms with Gasteiger partial charge >= 0.3 is 0 Å². The highest BCUT2D eigenvalue weighted by Gasteiger charge is 2.42. The van der Waals surface area contributed by atoms with Gasteiger partial charge in [0, 0.05) is 25.3 Å². The molecule has 0 spiro atoms. The molecule has 1 N–H and O–H groups in total. The first kappa shape index (κ1) is 20.8. The molecule has 2 aromatic rings. The lowest BCUT2D eigenvalue weighted by Gasteiger charge is -2.38. The van der Waals surface area contributed by atoms with E-state index in [0.29, 0.717) is 31.1 Å². The third kappa shape index (κ3) is 4.22. The van der Waals surface area contributed by atoms with Crippen molar-refractivity contribution in [1.82, 2.24) is 5.32 Å². The van der Waals surface area contributed by atoms with E-state index < -0.39 is 11.0 Å². The molecule has 150 valence electrons. The van der Waals surface area contributed by atoms with E-state index in [1.54, 1.807) is 25.3 Å². The molecule has 6 heteroatoms. The first-order chi connectivity index (χ1) is 13.4. The van der Waals surface area contributed by atoms with Gasteiger partial charge in [0.15, 0.2) is 0 Å². The van der Waals surface area contributed by atoms with Crippen molar-refractivity contribution in [3.63, 3.8) is 0 Å². The largest absolute Gasteiger partial charge is 0.381 e. The summed E-state index contributed by atoms with van der Waals surface area (Å²) in [5.74, 6) is -0.424. The van der Waals surface area contributed by atoms with E-state index in [0.717, 1.165) is 11.1 Å². The molecule has 0 aromatic heterocycles. The second-order valence-corrected chi connectivity index (χ2v) is 7.77. The summed E-state index contributed by atoms with van der Waals surface area (Å²) < 4.78 is 24.6. The van der Waals surface area contributed by atoms with Crippen molar-refractivity contribution in [1.29, 1.82) is 0 Å². The molecular weight excluding hydrogens is 381 g/mol. The summed E-state index contributed by atoms with van der Waals surface area (Å²) in [6.07, 6.45) is 1.09. The van der Waals surface area contributed by atoms with Gasteiger partial charge in [-0.25, -0.2) is 4.39 Å². The molecule has 28 heavy (non-hydrogen) atoms. The molecule has 1 heterocycles. The molecule has 0 saturated carbocycles. The number of carbonyl (C=O) groups excluding carboxylic acids is 1. The molecule has 2 aromatic carbocycles. The quantitative estimate of drug-likeness (QED) is 0.783. The number of amides is 1. The average molecular weight is 406 g/mol. The van der Waals surface area contributed by atoms with Gasteiger partial charge in [-0.2, -0.15) is 0 Å². The van der Waals surface area contributed by atoms with E-state index in [4.69, 9.17) is 21.1 Å². The number of halogens is 2. The third-order valence-corrected chi connectivity index (χ3v) is 5.88. The standard InChI is InChI=1S/C22H25ClFNO3/c1-21(27-2,17-4-3-5-18(23)14-17)15-25-20(26)22(10-12-28-13-11-22)16-6-8-19(24)9-7-16/h3-9,14H,10-13,15H2,1-2H3,(H,25,26). The van der Waals surface area contributed by atoms with Gasteiger partial charge in [0.2, 0.25) is 5.91 Å². The molecular formula is C22H25ClFNO3. The normalized spacial score (nSPS) is 18.3. The fourth-order valence-corrected chi connectivity index (χ4v) is 3.85. The Bertz CT molecular complexity index is 821. The minimum atomic E-state index is -0.741. The molecule has 1 unspecified atom stereocenters. The van der Waals surface area contributed by atoms with Crippen molar-refractivity contribution in [3.05, 3.63) is 70.5 Å². The Morgan fingerprint density at radius 3 is 2.54 bits per heavy atom. The molecule has 1 saturated heterocycles. The highest BCUT2D eigenvalue weighted by molar-refractivity contribution is 6.30. The van der Waals surface area contributed by atoms with Gasteiger partial charge in [-0.3, -0.25) is 4.79 Å². The van der Waals surface area contributed by atoms with Gasteiger partial charge in [0.05, 0.1) is 12.0 Å². The van der Waals surface area contributed by atoms with E-state index in [1.165, 1.54) is 12.1 Å². The van der Waals surface area contributed by atoms with Crippen LogP contribution in [0.15, 0.2) is 48.5 Å². The van der Waals surface area contributed by atoms with Gasteiger partial charge < -0.3 is 14.8 Å². The second kappa shape index (κ2) is 8.60. The molecule has 1 aliphatic rings. The van der Waals surface area contributed by atoms with Crippen LogP contribution in [0.5, 0.6) is 0 Å². The highest BCUT2D eigenvalue weighted by atomic mass is 35.5. The van der Waals surface area contributed by atoms with Crippen LogP contribution >= 0.6 is 11.6 Å². The van der Waals surface area contributed by atoms with Crippen molar-refractivity contribution in [2.75, 3.05) is 26.9 Å². The fourth-order valence-electron chi connectivity index (χ4n) is 3.66. The van der Waals surface area contributed by atoms with E-state index in [9.17, 15) is 9.18 Å². The van der Waals surface area contributed by atoms with Gasteiger partial charge in [0.1, 0.15) is 11.4 Å². The number of nitrogens with one attached hydrogen (secondary N) is 1. The smallest absolute Gasteiger partial charge is 0.230 e. The first-order valence-corrected chi connectivity index (χ1v) is 9.71. The van der Waals surface area contributed by atoms with Crippen LogP contribution in [0.3, 0.4) is 0 Å². The maximum absolute atomic E-state index is 13.4. The van der Waals surface area contributed by atoms with Crippen LogP contribution in [0.1, 0.15) is 30.9 Å². The molecule has 0 radical (unpaired) electrons. The minimum Gasteiger partial charge on any atom is -0.381 e.